The molecule has 0 aromatic heterocycles. The van der Waals surface area contributed by atoms with Gasteiger partial charge in [0.25, 0.3) is 5.91 Å². The number of rotatable bonds is 7. The summed E-state index contributed by atoms with van der Waals surface area (Å²) in [6.07, 6.45) is 0. The molecule has 3 N–H and O–H groups in total. The Bertz CT molecular complexity index is 513. The van der Waals surface area contributed by atoms with Gasteiger partial charge in [0.05, 0.1) is 12.7 Å². The van der Waals surface area contributed by atoms with E-state index in [1.807, 2.05) is 13.8 Å². The van der Waals surface area contributed by atoms with Gasteiger partial charge in [0.15, 0.2) is 0 Å². The van der Waals surface area contributed by atoms with Gasteiger partial charge in [0.1, 0.15) is 5.75 Å². The van der Waals surface area contributed by atoms with Crippen molar-refractivity contribution in [2.45, 2.75) is 13.8 Å². The summed E-state index contributed by atoms with van der Waals surface area (Å²) in [5, 5.41) is 21.0. The molecule has 0 aliphatic carbocycles. The maximum atomic E-state index is 12.1. The van der Waals surface area contributed by atoms with Crippen molar-refractivity contribution in [1.29, 1.82) is 0 Å². The van der Waals surface area contributed by atoms with Crippen LogP contribution in [0, 0.1) is 11.8 Å². The predicted octanol–water partition coefficient (Wildman–Crippen LogP) is 1.39. The van der Waals surface area contributed by atoms with E-state index in [1.165, 1.54) is 25.3 Å². The number of carboxylic acid groups (broad SMARTS) is 1. The molecule has 0 fully saturated rings. The van der Waals surface area contributed by atoms with Gasteiger partial charge in [-0.25, -0.2) is 4.79 Å². The van der Waals surface area contributed by atoms with Crippen LogP contribution in [0.25, 0.3) is 0 Å². The Morgan fingerprint density at radius 2 is 1.86 bits per heavy atom. The van der Waals surface area contributed by atoms with E-state index in [1.54, 1.807) is 0 Å². The number of benzene rings is 1. The molecular formula is C15H21NO5. The van der Waals surface area contributed by atoms with Crippen LogP contribution in [0.4, 0.5) is 0 Å². The Hall–Kier alpha value is -2.08. The van der Waals surface area contributed by atoms with Gasteiger partial charge < -0.3 is 20.3 Å². The number of hydrogen-bond donors (Lipinski definition) is 3. The molecule has 0 radical (unpaired) electrons. The molecule has 0 aliphatic heterocycles. The van der Waals surface area contributed by atoms with Gasteiger partial charge in [-0.15, -0.1) is 0 Å². The van der Waals surface area contributed by atoms with Gasteiger partial charge in [-0.05, 0) is 24.1 Å². The first-order valence-electron chi connectivity index (χ1n) is 6.70. The molecule has 1 amide bonds. The van der Waals surface area contributed by atoms with E-state index >= 15 is 0 Å². The second-order valence-corrected chi connectivity index (χ2v) is 5.15. The molecule has 0 saturated carbocycles. The van der Waals surface area contributed by atoms with Gasteiger partial charge >= 0.3 is 5.97 Å². The van der Waals surface area contributed by atoms with E-state index in [4.69, 9.17) is 9.84 Å². The average Bonchev–Trinajstić information content (AvgIpc) is 2.46. The Morgan fingerprint density at radius 1 is 1.24 bits per heavy atom. The highest BCUT2D eigenvalue weighted by Gasteiger charge is 2.16. The summed E-state index contributed by atoms with van der Waals surface area (Å²) in [5.41, 5.74) is 0.203. The standard InChI is InChI=1S/C15H21NO5/c1-9(2)12(8-17)7-16-14(18)10-4-11(15(19)20)6-13(5-10)21-3/h4-6,9,12,17H,7-8H2,1-3H3,(H,16,18)(H,19,20)/t12-/m1/s1. The molecule has 1 aromatic carbocycles. The van der Waals surface area contributed by atoms with E-state index in [0.29, 0.717) is 12.3 Å². The number of methoxy groups -OCH3 is 1. The molecule has 1 aromatic rings. The molecule has 0 bridgehead atoms. The molecule has 0 heterocycles. The summed E-state index contributed by atoms with van der Waals surface area (Å²) in [6, 6.07) is 4.12. The second-order valence-electron chi connectivity index (χ2n) is 5.15. The lowest BCUT2D eigenvalue weighted by molar-refractivity contribution is 0.0696. The van der Waals surface area contributed by atoms with Gasteiger partial charge in [-0.1, -0.05) is 13.8 Å². The summed E-state index contributed by atoms with van der Waals surface area (Å²) < 4.78 is 5.00. The van der Waals surface area contributed by atoms with Crippen molar-refractivity contribution in [3.8, 4) is 5.75 Å². The average molecular weight is 295 g/mol. The Balaban J connectivity index is 2.86. The van der Waals surface area contributed by atoms with Crippen molar-refractivity contribution in [2.75, 3.05) is 20.3 Å². The predicted molar refractivity (Wildman–Crippen MR) is 77.7 cm³/mol. The van der Waals surface area contributed by atoms with Crippen LogP contribution < -0.4 is 10.1 Å². The highest BCUT2D eigenvalue weighted by atomic mass is 16.5. The van der Waals surface area contributed by atoms with E-state index in [2.05, 4.69) is 5.32 Å². The number of hydrogen-bond acceptors (Lipinski definition) is 4. The van der Waals surface area contributed by atoms with Gasteiger partial charge in [0, 0.05) is 24.6 Å². The normalized spacial score (nSPS) is 12.0. The first-order valence-corrected chi connectivity index (χ1v) is 6.70. The monoisotopic (exact) mass is 295 g/mol. The van der Waals surface area contributed by atoms with Crippen LogP contribution in [-0.2, 0) is 0 Å². The molecule has 0 unspecified atom stereocenters. The van der Waals surface area contributed by atoms with Crippen molar-refractivity contribution in [3.63, 3.8) is 0 Å². The van der Waals surface area contributed by atoms with Crippen LogP contribution in [0.3, 0.4) is 0 Å². The van der Waals surface area contributed by atoms with E-state index < -0.39 is 11.9 Å². The number of amides is 1. The van der Waals surface area contributed by atoms with Gasteiger partial charge in [-0.2, -0.15) is 0 Å². The number of aromatic carboxylic acids is 1. The fourth-order valence-electron chi connectivity index (χ4n) is 1.81. The third kappa shape index (κ3) is 4.75. The Morgan fingerprint density at radius 3 is 2.33 bits per heavy atom. The lowest BCUT2D eigenvalue weighted by Gasteiger charge is -2.18. The van der Waals surface area contributed by atoms with Crippen LogP contribution in [0.2, 0.25) is 0 Å². The highest BCUT2D eigenvalue weighted by molar-refractivity contribution is 5.98. The van der Waals surface area contributed by atoms with Crippen molar-refractivity contribution in [1.82, 2.24) is 5.32 Å². The summed E-state index contributed by atoms with van der Waals surface area (Å²) in [4.78, 5) is 23.1. The largest absolute Gasteiger partial charge is 0.497 e. The van der Waals surface area contributed by atoms with E-state index in [0.717, 1.165) is 0 Å². The van der Waals surface area contributed by atoms with Crippen molar-refractivity contribution in [2.24, 2.45) is 11.8 Å². The molecular weight excluding hydrogens is 274 g/mol. The zero-order chi connectivity index (χ0) is 16.0. The van der Waals surface area contributed by atoms with Crippen LogP contribution >= 0.6 is 0 Å². The summed E-state index contributed by atoms with van der Waals surface area (Å²) in [6.45, 7) is 4.23. The molecule has 1 rings (SSSR count). The maximum absolute atomic E-state index is 12.1. The van der Waals surface area contributed by atoms with Gasteiger partial charge in [-0.3, -0.25) is 4.79 Å². The maximum Gasteiger partial charge on any atom is 0.335 e. The summed E-state index contributed by atoms with van der Waals surface area (Å²) >= 11 is 0. The number of nitrogens with one attached hydrogen (secondary N) is 1. The fourth-order valence-corrected chi connectivity index (χ4v) is 1.81. The van der Waals surface area contributed by atoms with Crippen LogP contribution in [0.15, 0.2) is 18.2 Å². The number of carbonyl (C=O) groups excluding carboxylic acids is 1. The SMILES string of the molecule is COc1cc(C(=O)O)cc(C(=O)NC[C@H](CO)C(C)C)c1. The van der Waals surface area contributed by atoms with Crippen LogP contribution in [0.1, 0.15) is 34.6 Å². The number of carbonyl (C=O) groups is 2. The number of aliphatic hydroxyl groups excluding tert-OH is 1. The molecule has 6 heteroatoms. The molecule has 0 aliphatic rings. The minimum absolute atomic E-state index is 0.0120. The zero-order valence-corrected chi connectivity index (χ0v) is 12.4. The topological polar surface area (TPSA) is 95.9 Å². The molecule has 0 spiro atoms. The minimum Gasteiger partial charge on any atom is -0.497 e. The Labute approximate surface area is 123 Å². The molecule has 116 valence electrons. The minimum atomic E-state index is -1.13. The number of ether oxygens (including phenoxy) is 1. The first-order chi connectivity index (χ1) is 9.88. The summed E-state index contributed by atoms with van der Waals surface area (Å²) in [5.74, 6) is -1.02. The summed E-state index contributed by atoms with van der Waals surface area (Å²) in [7, 11) is 1.41. The first kappa shape index (κ1) is 17.0. The van der Waals surface area contributed by atoms with E-state index in [-0.39, 0.29) is 29.6 Å². The van der Waals surface area contributed by atoms with Gasteiger partial charge in [0.2, 0.25) is 0 Å². The zero-order valence-electron chi connectivity index (χ0n) is 12.4. The third-order valence-corrected chi connectivity index (χ3v) is 3.35. The number of aliphatic hydroxyl groups is 1. The molecule has 1 atom stereocenters. The molecule has 6 nitrogen and oxygen atoms in total. The Kier molecular flexibility index (Phi) is 6.17. The smallest absolute Gasteiger partial charge is 0.335 e. The van der Waals surface area contributed by atoms with E-state index in [9.17, 15) is 14.7 Å². The van der Waals surface area contributed by atoms with Crippen molar-refractivity contribution >= 4 is 11.9 Å². The van der Waals surface area contributed by atoms with Crippen molar-refractivity contribution in [3.05, 3.63) is 29.3 Å². The number of carboxylic acids is 1. The quantitative estimate of drug-likeness (QED) is 0.706. The third-order valence-electron chi connectivity index (χ3n) is 3.35. The lowest BCUT2D eigenvalue weighted by Crippen LogP contribution is -2.33. The lowest BCUT2D eigenvalue weighted by atomic mass is 9.97. The highest BCUT2D eigenvalue weighted by Crippen LogP contribution is 2.17. The molecule has 0 saturated heterocycles. The fraction of sp³-hybridized carbons (Fsp3) is 0.467. The molecule has 21 heavy (non-hydrogen) atoms. The van der Waals surface area contributed by atoms with Crippen LogP contribution in [-0.4, -0.2) is 42.4 Å². The second kappa shape index (κ2) is 7.64. The van der Waals surface area contributed by atoms with Crippen LogP contribution in [0.5, 0.6) is 5.75 Å². The van der Waals surface area contributed by atoms with Crippen molar-refractivity contribution < 1.29 is 24.5 Å².